The van der Waals surface area contributed by atoms with Crippen LogP contribution in [0.4, 0.5) is 0 Å². The quantitative estimate of drug-likeness (QED) is 0.436. The summed E-state index contributed by atoms with van der Waals surface area (Å²) in [5.41, 5.74) is 6.09. The molecule has 0 saturated carbocycles. The van der Waals surface area contributed by atoms with E-state index in [0.717, 1.165) is 28.0 Å². The third-order valence-corrected chi connectivity index (χ3v) is 5.95. The average Bonchev–Trinajstić information content (AvgIpc) is 3.36. The normalized spacial score (nSPS) is 15.5. The molecule has 0 fully saturated rings. The van der Waals surface area contributed by atoms with Crippen molar-refractivity contribution in [2.24, 2.45) is 4.99 Å². The first-order chi connectivity index (χ1) is 16.9. The lowest BCUT2D eigenvalue weighted by Crippen LogP contribution is -2.24. The largest absolute Gasteiger partial charge is 0.491 e. The Kier molecular flexibility index (Phi) is 7.65. The molecule has 2 N–H and O–H groups in total. The molecule has 0 bridgehead atoms. The molecular formula is C27H31N3O5. The molecule has 0 amide bonds. The summed E-state index contributed by atoms with van der Waals surface area (Å²) in [5.74, 6) is 1.29. The number of hydrogen-bond donors (Lipinski definition) is 2. The minimum absolute atomic E-state index is 0.0664. The third-order valence-electron chi connectivity index (χ3n) is 5.95. The van der Waals surface area contributed by atoms with Crippen molar-refractivity contribution < 1.29 is 19.4 Å². The zero-order valence-electron chi connectivity index (χ0n) is 20.2. The molecule has 8 heteroatoms. The van der Waals surface area contributed by atoms with Gasteiger partial charge < -0.3 is 19.1 Å². The third kappa shape index (κ3) is 5.97. The van der Waals surface area contributed by atoms with Gasteiger partial charge in [-0.15, -0.1) is 0 Å². The summed E-state index contributed by atoms with van der Waals surface area (Å²) in [5, 5.41) is 9.59. The topological polar surface area (TPSA) is 94.3 Å². The molecule has 1 aromatic heterocycles. The van der Waals surface area contributed by atoms with Crippen LogP contribution in [-0.2, 0) is 21.5 Å². The SMILES string of the molecule is COCCOc1cccc(Cn2cc(C3=NC(c4ccc(C(C)(C)CO)cc4)ON3)ccc2=O)c1. The van der Waals surface area contributed by atoms with E-state index in [9.17, 15) is 9.90 Å². The first kappa shape index (κ1) is 24.7. The molecule has 1 aliphatic heterocycles. The van der Waals surface area contributed by atoms with E-state index in [1.165, 1.54) is 6.07 Å². The lowest BCUT2D eigenvalue weighted by Gasteiger charge is -2.22. The summed E-state index contributed by atoms with van der Waals surface area (Å²) < 4.78 is 12.3. The molecule has 2 heterocycles. The van der Waals surface area contributed by atoms with Crippen LogP contribution in [0.2, 0.25) is 0 Å². The maximum atomic E-state index is 12.5. The van der Waals surface area contributed by atoms with E-state index >= 15 is 0 Å². The fourth-order valence-corrected chi connectivity index (χ4v) is 3.72. The van der Waals surface area contributed by atoms with E-state index < -0.39 is 6.23 Å². The van der Waals surface area contributed by atoms with Gasteiger partial charge in [0.05, 0.1) is 19.8 Å². The Morgan fingerprint density at radius 1 is 1.11 bits per heavy atom. The Morgan fingerprint density at radius 3 is 2.66 bits per heavy atom. The first-order valence-corrected chi connectivity index (χ1v) is 11.5. The summed E-state index contributed by atoms with van der Waals surface area (Å²) in [4.78, 5) is 22.9. The summed E-state index contributed by atoms with van der Waals surface area (Å²) in [6.07, 6.45) is 1.27. The van der Waals surface area contributed by atoms with Gasteiger partial charge >= 0.3 is 0 Å². The Morgan fingerprint density at radius 2 is 1.91 bits per heavy atom. The number of benzene rings is 2. The van der Waals surface area contributed by atoms with E-state index in [1.807, 2.05) is 62.4 Å². The summed E-state index contributed by atoms with van der Waals surface area (Å²) >= 11 is 0. The number of ether oxygens (including phenoxy) is 2. The Balaban J connectivity index is 1.49. The van der Waals surface area contributed by atoms with Gasteiger partial charge in [-0.3, -0.25) is 4.79 Å². The van der Waals surface area contributed by atoms with E-state index in [-0.39, 0.29) is 17.6 Å². The number of pyridine rings is 1. The van der Waals surface area contributed by atoms with Crippen molar-refractivity contribution in [1.29, 1.82) is 0 Å². The van der Waals surface area contributed by atoms with Crippen molar-refractivity contribution in [2.45, 2.75) is 32.0 Å². The van der Waals surface area contributed by atoms with E-state index in [4.69, 9.17) is 14.3 Å². The van der Waals surface area contributed by atoms with Crippen LogP contribution < -0.4 is 15.8 Å². The number of aliphatic imine (C=N–C) groups is 1. The molecule has 0 saturated heterocycles. The monoisotopic (exact) mass is 477 g/mol. The highest BCUT2D eigenvalue weighted by Gasteiger charge is 2.23. The van der Waals surface area contributed by atoms with Crippen molar-refractivity contribution in [3.05, 3.63) is 99.5 Å². The molecule has 0 aliphatic carbocycles. The second kappa shape index (κ2) is 10.9. The van der Waals surface area contributed by atoms with Crippen molar-refractivity contribution in [2.75, 3.05) is 26.9 Å². The average molecular weight is 478 g/mol. The molecule has 1 atom stereocenters. The standard InChI is InChI=1S/C27H31N3O5/c1-27(2,18-31)22-10-7-20(8-11-22)26-28-25(29-35-26)21-9-12-24(32)30(17-21)16-19-5-4-6-23(15-19)34-14-13-33-3/h4-12,15,17,26,31H,13-14,16,18H2,1-3H3,(H,28,29). The molecule has 0 spiro atoms. The van der Waals surface area contributed by atoms with Crippen LogP contribution in [0.1, 0.15) is 42.3 Å². The summed E-state index contributed by atoms with van der Waals surface area (Å²) in [7, 11) is 1.63. The molecule has 1 unspecified atom stereocenters. The number of rotatable bonds is 10. The van der Waals surface area contributed by atoms with Crippen LogP contribution >= 0.6 is 0 Å². The highest BCUT2D eigenvalue weighted by atomic mass is 16.7. The van der Waals surface area contributed by atoms with Crippen molar-refractivity contribution in [3.63, 3.8) is 0 Å². The Bertz CT molecular complexity index is 1230. The van der Waals surface area contributed by atoms with Crippen molar-refractivity contribution in [3.8, 4) is 5.75 Å². The predicted molar refractivity (Wildman–Crippen MR) is 134 cm³/mol. The highest BCUT2D eigenvalue weighted by Crippen LogP contribution is 2.27. The zero-order chi connectivity index (χ0) is 24.8. The van der Waals surface area contributed by atoms with Gasteiger partial charge in [-0.05, 0) is 29.3 Å². The van der Waals surface area contributed by atoms with Crippen LogP contribution in [0, 0.1) is 0 Å². The van der Waals surface area contributed by atoms with Crippen LogP contribution in [0.3, 0.4) is 0 Å². The zero-order valence-corrected chi connectivity index (χ0v) is 20.2. The lowest BCUT2D eigenvalue weighted by atomic mass is 9.85. The van der Waals surface area contributed by atoms with Crippen molar-refractivity contribution >= 4 is 5.84 Å². The molecule has 35 heavy (non-hydrogen) atoms. The molecule has 2 aromatic carbocycles. The van der Waals surface area contributed by atoms with Crippen LogP contribution in [0.15, 0.2) is 76.6 Å². The van der Waals surface area contributed by atoms with Crippen LogP contribution in [-0.4, -0.2) is 42.4 Å². The number of aliphatic hydroxyl groups excluding tert-OH is 1. The van der Waals surface area contributed by atoms with Crippen LogP contribution in [0.5, 0.6) is 5.75 Å². The first-order valence-electron chi connectivity index (χ1n) is 11.5. The fraction of sp³-hybridized carbons (Fsp3) is 0.333. The molecular weight excluding hydrogens is 446 g/mol. The maximum Gasteiger partial charge on any atom is 0.250 e. The second-order valence-electron chi connectivity index (χ2n) is 9.09. The predicted octanol–water partition coefficient (Wildman–Crippen LogP) is 3.17. The van der Waals surface area contributed by atoms with Gasteiger partial charge in [-0.2, -0.15) is 0 Å². The van der Waals surface area contributed by atoms with Crippen molar-refractivity contribution in [1.82, 2.24) is 10.0 Å². The Hall–Kier alpha value is -3.46. The summed E-state index contributed by atoms with van der Waals surface area (Å²) in [6.45, 7) is 5.42. The van der Waals surface area contributed by atoms with Gasteiger partial charge in [0.25, 0.3) is 5.56 Å². The second-order valence-corrected chi connectivity index (χ2v) is 9.09. The van der Waals surface area contributed by atoms with Gasteiger partial charge in [0.15, 0.2) is 5.84 Å². The number of nitrogens with one attached hydrogen (secondary N) is 1. The molecule has 184 valence electrons. The van der Waals surface area contributed by atoms with E-state index in [0.29, 0.717) is 25.6 Å². The Labute approximate surface area is 204 Å². The number of amidine groups is 1. The number of nitrogens with zero attached hydrogens (tertiary/aromatic N) is 2. The molecule has 4 rings (SSSR count). The number of aromatic nitrogens is 1. The van der Waals surface area contributed by atoms with Gasteiger partial charge in [0.1, 0.15) is 12.4 Å². The van der Waals surface area contributed by atoms with Gasteiger partial charge in [0, 0.05) is 35.9 Å². The van der Waals surface area contributed by atoms with Crippen LogP contribution in [0.25, 0.3) is 0 Å². The van der Waals surface area contributed by atoms with Gasteiger partial charge in [-0.1, -0.05) is 50.2 Å². The highest BCUT2D eigenvalue weighted by molar-refractivity contribution is 5.98. The smallest absolute Gasteiger partial charge is 0.250 e. The molecule has 0 radical (unpaired) electrons. The summed E-state index contributed by atoms with van der Waals surface area (Å²) in [6, 6.07) is 18.8. The minimum Gasteiger partial charge on any atom is -0.491 e. The maximum absolute atomic E-state index is 12.5. The van der Waals surface area contributed by atoms with Gasteiger partial charge in [-0.25, -0.2) is 15.3 Å². The number of aliphatic hydroxyl groups is 1. The van der Waals surface area contributed by atoms with Gasteiger partial charge in [0.2, 0.25) is 6.23 Å². The number of methoxy groups -OCH3 is 1. The lowest BCUT2D eigenvalue weighted by molar-refractivity contribution is 0.0376. The number of hydrogen-bond acceptors (Lipinski definition) is 7. The fourth-order valence-electron chi connectivity index (χ4n) is 3.72. The van der Waals surface area contributed by atoms with E-state index in [1.54, 1.807) is 23.9 Å². The van der Waals surface area contributed by atoms with E-state index in [2.05, 4.69) is 10.5 Å². The molecule has 1 aliphatic rings. The minimum atomic E-state index is -0.502. The number of hydroxylamine groups is 1. The molecule has 8 nitrogen and oxygen atoms in total. The molecule has 3 aromatic rings.